The fourth-order valence-electron chi connectivity index (χ4n) is 2.20. The lowest BCUT2D eigenvalue weighted by atomic mass is 10.2. The average Bonchev–Trinajstić information content (AvgIpc) is 2.70. The number of rotatable bonds is 6. The first-order valence-corrected chi connectivity index (χ1v) is 7.06. The van der Waals surface area contributed by atoms with Gasteiger partial charge in [0.15, 0.2) is 0 Å². The summed E-state index contributed by atoms with van der Waals surface area (Å²) in [7, 11) is 1.84. The Morgan fingerprint density at radius 2 is 2.05 bits per heavy atom. The lowest BCUT2D eigenvalue weighted by Crippen LogP contribution is -2.26. The maximum atomic E-state index is 10.9. The van der Waals surface area contributed by atoms with Gasteiger partial charge < -0.3 is 10.0 Å². The molecule has 0 fully saturated rings. The van der Waals surface area contributed by atoms with Gasteiger partial charge in [-0.3, -0.25) is 9.48 Å². The maximum absolute atomic E-state index is 10.9. The first-order chi connectivity index (χ1) is 9.99. The lowest BCUT2D eigenvalue weighted by molar-refractivity contribution is -0.136. The Morgan fingerprint density at radius 3 is 2.57 bits per heavy atom. The Bertz CT molecular complexity index is 625. The van der Waals surface area contributed by atoms with Crippen molar-refractivity contribution in [3.8, 4) is 0 Å². The van der Waals surface area contributed by atoms with E-state index in [4.69, 9.17) is 16.7 Å². The van der Waals surface area contributed by atoms with Crippen molar-refractivity contribution in [2.75, 3.05) is 11.4 Å². The highest BCUT2D eigenvalue weighted by molar-refractivity contribution is 6.31. The predicted molar refractivity (Wildman–Crippen MR) is 82.7 cm³/mol. The van der Waals surface area contributed by atoms with Crippen LogP contribution in [0.4, 0.5) is 5.69 Å². The van der Waals surface area contributed by atoms with Gasteiger partial charge in [0, 0.05) is 19.3 Å². The number of benzene rings is 1. The van der Waals surface area contributed by atoms with Crippen molar-refractivity contribution in [3.05, 3.63) is 46.7 Å². The molecule has 1 aromatic carbocycles. The third kappa shape index (κ3) is 3.76. The molecule has 21 heavy (non-hydrogen) atoms. The van der Waals surface area contributed by atoms with Crippen molar-refractivity contribution in [2.45, 2.75) is 19.9 Å². The van der Waals surface area contributed by atoms with Crippen LogP contribution in [0.25, 0.3) is 0 Å². The number of carboxylic acids is 1. The Kier molecular flexibility index (Phi) is 4.85. The van der Waals surface area contributed by atoms with Crippen molar-refractivity contribution < 1.29 is 9.90 Å². The van der Waals surface area contributed by atoms with Crippen LogP contribution in [0, 0.1) is 6.92 Å². The van der Waals surface area contributed by atoms with Crippen LogP contribution in [0.2, 0.25) is 5.02 Å². The lowest BCUT2D eigenvalue weighted by Gasteiger charge is -2.24. The highest BCUT2D eigenvalue weighted by atomic mass is 35.5. The summed E-state index contributed by atoms with van der Waals surface area (Å²) in [5, 5.41) is 13.8. The van der Waals surface area contributed by atoms with E-state index < -0.39 is 5.97 Å². The minimum absolute atomic E-state index is 0.0728. The van der Waals surface area contributed by atoms with Gasteiger partial charge in [-0.2, -0.15) is 5.10 Å². The minimum Gasteiger partial charge on any atom is -0.481 e. The molecule has 0 saturated carbocycles. The summed E-state index contributed by atoms with van der Waals surface area (Å²) in [6.07, 6.45) is 0.0728. The number of aryl methyl sites for hydroxylation is 2. The predicted octanol–water partition coefficient (Wildman–Crippen LogP) is 2.86. The highest BCUT2D eigenvalue weighted by Gasteiger charge is 2.16. The van der Waals surface area contributed by atoms with Crippen molar-refractivity contribution in [1.82, 2.24) is 9.78 Å². The number of aliphatic carboxylic acids is 1. The molecule has 2 aromatic rings. The van der Waals surface area contributed by atoms with E-state index in [2.05, 4.69) is 5.10 Å². The molecule has 0 bridgehead atoms. The quantitative estimate of drug-likeness (QED) is 0.891. The Labute approximate surface area is 128 Å². The van der Waals surface area contributed by atoms with Gasteiger partial charge in [0.2, 0.25) is 0 Å². The van der Waals surface area contributed by atoms with Crippen LogP contribution in [0.1, 0.15) is 17.8 Å². The molecular formula is C15H18ClN3O2. The first kappa shape index (κ1) is 15.4. The molecule has 0 amide bonds. The molecule has 0 spiro atoms. The number of aromatic nitrogens is 2. The normalized spacial score (nSPS) is 10.6. The third-order valence-corrected chi connectivity index (χ3v) is 3.81. The van der Waals surface area contributed by atoms with E-state index in [1.54, 1.807) is 4.68 Å². The smallest absolute Gasteiger partial charge is 0.305 e. The summed E-state index contributed by atoms with van der Waals surface area (Å²) in [5.41, 5.74) is 2.62. The van der Waals surface area contributed by atoms with Crippen LogP contribution >= 0.6 is 11.6 Å². The van der Waals surface area contributed by atoms with Crippen molar-refractivity contribution >= 4 is 23.3 Å². The van der Waals surface area contributed by atoms with Crippen LogP contribution in [0.15, 0.2) is 30.3 Å². The zero-order valence-corrected chi connectivity index (χ0v) is 12.8. The van der Waals surface area contributed by atoms with Gasteiger partial charge in [-0.15, -0.1) is 0 Å². The molecule has 112 valence electrons. The van der Waals surface area contributed by atoms with Crippen molar-refractivity contribution in [1.29, 1.82) is 0 Å². The molecular weight excluding hydrogens is 290 g/mol. The van der Waals surface area contributed by atoms with Crippen LogP contribution in [0.3, 0.4) is 0 Å². The SMILES string of the molecule is Cc1nn(C)c(CN(CCC(=O)O)c2ccccc2)c1Cl. The molecule has 2 rings (SSSR count). The number of anilines is 1. The Hall–Kier alpha value is -2.01. The van der Waals surface area contributed by atoms with Gasteiger partial charge >= 0.3 is 5.97 Å². The molecule has 0 aliphatic heterocycles. The van der Waals surface area contributed by atoms with E-state index in [1.165, 1.54) is 0 Å². The summed E-state index contributed by atoms with van der Waals surface area (Å²) in [6.45, 7) is 2.79. The van der Waals surface area contributed by atoms with Crippen LogP contribution in [0.5, 0.6) is 0 Å². The molecule has 1 N–H and O–H groups in total. The fourth-order valence-corrected chi connectivity index (χ4v) is 2.42. The number of para-hydroxylation sites is 1. The Balaban J connectivity index is 2.25. The number of halogens is 1. The zero-order valence-electron chi connectivity index (χ0n) is 12.1. The van der Waals surface area contributed by atoms with E-state index in [0.29, 0.717) is 18.1 Å². The monoisotopic (exact) mass is 307 g/mol. The summed E-state index contributed by atoms with van der Waals surface area (Å²) < 4.78 is 1.74. The topological polar surface area (TPSA) is 58.4 Å². The van der Waals surface area contributed by atoms with Gasteiger partial charge in [0.25, 0.3) is 0 Å². The zero-order chi connectivity index (χ0) is 15.4. The Morgan fingerprint density at radius 1 is 1.38 bits per heavy atom. The largest absolute Gasteiger partial charge is 0.481 e. The minimum atomic E-state index is -0.816. The maximum Gasteiger partial charge on any atom is 0.305 e. The van der Waals surface area contributed by atoms with Gasteiger partial charge in [-0.25, -0.2) is 0 Å². The summed E-state index contributed by atoms with van der Waals surface area (Å²) >= 11 is 6.28. The first-order valence-electron chi connectivity index (χ1n) is 6.68. The summed E-state index contributed by atoms with van der Waals surface area (Å²) in [5.74, 6) is -0.816. The van der Waals surface area contributed by atoms with E-state index >= 15 is 0 Å². The second-order valence-electron chi connectivity index (χ2n) is 4.87. The molecule has 0 atom stereocenters. The van der Waals surface area contributed by atoms with E-state index in [-0.39, 0.29) is 6.42 Å². The molecule has 0 aliphatic carbocycles. The molecule has 1 aromatic heterocycles. The second-order valence-corrected chi connectivity index (χ2v) is 5.25. The number of carboxylic acid groups (broad SMARTS) is 1. The highest BCUT2D eigenvalue weighted by Crippen LogP contribution is 2.24. The molecule has 0 unspecified atom stereocenters. The number of hydrogen-bond donors (Lipinski definition) is 1. The van der Waals surface area contributed by atoms with Crippen LogP contribution < -0.4 is 4.90 Å². The number of nitrogens with zero attached hydrogens (tertiary/aromatic N) is 3. The third-order valence-electron chi connectivity index (χ3n) is 3.32. The van der Waals surface area contributed by atoms with E-state index in [1.807, 2.05) is 49.2 Å². The molecule has 5 nitrogen and oxygen atoms in total. The van der Waals surface area contributed by atoms with Gasteiger partial charge in [0.1, 0.15) is 0 Å². The van der Waals surface area contributed by atoms with E-state index in [9.17, 15) is 4.79 Å². The van der Waals surface area contributed by atoms with Crippen LogP contribution in [-0.4, -0.2) is 27.4 Å². The van der Waals surface area contributed by atoms with Crippen molar-refractivity contribution in [2.24, 2.45) is 7.05 Å². The summed E-state index contributed by atoms with van der Waals surface area (Å²) in [6, 6.07) is 9.70. The van der Waals surface area contributed by atoms with Gasteiger partial charge in [-0.05, 0) is 19.1 Å². The van der Waals surface area contributed by atoms with Crippen molar-refractivity contribution in [3.63, 3.8) is 0 Å². The second kappa shape index (κ2) is 6.63. The number of carbonyl (C=O) groups is 1. The van der Waals surface area contributed by atoms with Crippen LogP contribution in [-0.2, 0) is 18.4 Å². The number of hydrogen-bond acceptors (Lipinski definition) is 3. The molecule has 0 radical (unpaired) electrons. The standard InChI is InChI=1S/C15H18ClN3O2/c1-11-15(16)13(18(2)17-11)10-19(9-8-14(20)21)12-6-4-3-5-7-12/h3-7H,8-10H2,1-2H3,(H,20,21). The average molecular weight is 308 g/mol. The molecule has 6 heteroatoms. The fraction of sp³-hybridized carbons (Fsp3) is 0.333. The molecule has 0 saturated heterocycles. The van der Waals surface area contributed by atoms with Gasteiger partial charge in [0.05, 0.1) is 29.4 Å². The summed E-state index contributed by atoms with van der Waals surface area (Å²) in [4.78, 5) is 12.9. The van der Waals surface area contributed by atoms with E-state index in [0.717, 1.165) is 17.1 Å². The molecule has 0 aliphatic rings. The van der Waals surface area contributed by atoms with Gasteiger partial charge in [-0.1, -0.05) is 29.8 Å². The molecule has 1 heterocycles.